The number of benzene rings is 1. The Morgan fingerprint density at radius 2 is 2.04 bits per heavy atom. The van der Waals surface area contributed by atoms with Crippen LogP contribution in [-0.4, -0.2) is 48.1 Å². The highest BCUT2D eigenvalue weighted by molar-refractivity contribution is 6.18. The number of amides is 1. The quantitative estimate of drug-likeness (QED) is 0.608. The average molecular weight is 426 g/mol. The first-order valence-corrected chi connectivity index (χ1v) is 11.5. The largest absolute Gasteiger partial charge is 0.415 e. The van der Waals surface area contributed by atoms with E-state index in [2.05, 4.69) is 19.1 Å². The molecule has 0 N–H and O–H groups in total. The summed E-state index contributed by atoms with van der Waals surface area (Å²) in [4.78, 5) is 14.0. The van der Waals surface area contributed by atoms with Crippen molar-refractivity contribution in [2.24, 2.45) is 11.8 Å². The number of alkyl halides is 2. The molecule has 6 heteroatoms. The summed E-state index contributed by atoms with van der Waals surface area (Å²) in [6.07, 6.45) is 5.38. The number of hydrogen-bond donors (Lipinski definition) is 0. The minimum Gasteiger partial charge on any atom is -0.410 e. The van der Waals surface area contributed by atoms with Gasteiger partial charge in [0.25, 0.3) is 0 Å². The summed E-state index contributed by atoms with van der Waals surface area (Å²) < 4.78 is 11.7. The molecule has 1 aromatic rings. The van der Waals surface area contributed by atoms with Crippen molar-refractivity contribution in [2.45, 2.75) is 50.5 Å². The smallest absolute Gasteiger partial charge is 0.410 e. The van der Waals surface area contributed by atoms with Crippen molar-refractivity contribution in [3.63, 3.8) is 0 Å². The number of rotatable bonds is 5. The standard InChI is InChI=1S/C22H29Cl2NO3/c1-22-8-6-18-17-5-3-16(28-21(26)25(11-9-23)12-10-24)14-15(17)2-4-19(18)20(22)7-13-27-22/h3,5,14,18-20H,2,4,6-13H2,1H3/t18?,19?,20?,22-/m0/s1. The zero-order valence-corrected chi connectivity index (χ0v) is 18.0. The normalized spacial score (nSPS) is 30.9. The molecule has 28 heavy (non-hydrogen) atoms. The summed E-state index contributed by atoms with van der Waals surface area (Å²) in [5.74, 6) is 3.34. The lowest BCUT2D eigenvalue weighted by Gasteiger charge is -2.48. The molecule has 0 aromatic heterocycles. The Hall–Kier alpha value is -0.970. The molecule has 4 nitrogen and oxygen atoms in total. The van der Waals surface area contributed by atoms with Crippen LogP contribution in [-0.2, 0) is 11.2 Å². The minimum absolute atomic E-state index is 0.0858. The van der Waals surface area contributed by atoms with Crippen LogP contribution in [0.4, 0.5) is 4.79 Å². The van der Waals surface area contributed by atoms with Gasteiger partial charge in [-0.25, -0.2) is 4.79 Å². The second-order valence-corrected chi connectivity index (χ2v) is 9.25. The predicted octanol–water partition coefficient (Wildman–Crippen LogP) is 5.20. The molecule has 1 saturated carbocycles. The fourth-order valence-electron chi connectivity index (χ4n) is 5.69. The molecule has 4 rings (SSSR count). The molecule has 4 atom stereocenters. The van der Waals surface area contributed by atoms with Gasteiger partial charge in [-0.2, -0.15) is 0 Å². The highest BCUT2D eigenvalue weighted by atomic mass is 35.5. The van der Waals surface area contributed by atoms with Crippen molar-refractivity contribution in [2.75, 3.05) is 31.5 Å². The van der Waals surface area contributed by atoms with Crippen LogP contribution in [0.2, 0.25) is 0 Å². The zero-order valence-electron chi connectivity index (χ0n) is 16.5. The summed E-state index contributed by atoms with van der Waals surface area (Å²) in [6.45, 7) is 4.09. The molecule has 0 bridgehead atoms. The van der Waals surface area contributed by atoms with E-state index in [-0.39, 0.29) is 11.7 Å². The number of carbonyl (C=O) groups is 1. The summed E-state index contributed by atoms with van der Waals surface area (Å²) in [6, 6.07) is 6.18. The van der Waals surface area contributed by atoms with E-state index in [1.807, 2.05) is 6.07 Å². The number of ether oxygens (including phenoxy) is 2. The van der Waals surface area contributed by atoms with Crippen LogP contribution in [0.25, 0.3) is 0 Å². The van der Waals surface area contributed by atoms with Crippen LogP contribution < -0.4 is 4.74 Å². The third-order valence-corrected chi connectivity index (χ3v) is 7.40. The summed E-state index contributed by atoms with van der Waals surface area (Å²) in [7, 11) is 0. The molecule has 1 aromatic carbocycles. The van der Waals surface area contributed by atoms with Gasteiger partial charge in [0.1, 0.15) is 5.75 Å². The molecule has 1 saturated heterocycles. The van der Waals surface area contributed by atoms with Gasteiger partial charge in [-0.05, 0) is 80.0 Å². The van der Waals surface area contributed by atoms with Crippen LogP contribution in [0.1, 0.15) is 49.7 Å². The van der Waals surface area contributed by atoms with Crippen molar-refractivity contribution in [3.05, 3.63) is 29.3 Å². The van der Waals surface area contributed by atoms with E-state index in [0.717, 1.165) is 19.4 Å². The first-order valence-electron chi connectivity index (χ1n) is 10.4. The zero-order chi connectivity index (χ0) is 19.7. The third-order valence-electron chi connectivity index (χ3n) is 7.06. The molecule has 1 amide bonds. The predicted molar refractivity (Wildman–Crippen MR) is 112 cm³/mol. The first kappa shape index (κ1) is 20.3. The van der Waals surface area contributed by atoms with Gasteiger partial charge in [-0.3, -0.25) is 0 Å². The molecular formula is C22H29Cl2NO3. The van der Waals surface area contributed by atoms with E-state index in [0.29, 0.717) is 48.4 Å². The van der Waals surface area contributed by atoms with Crippen molar-refractivity contribution in [1.29, 1.82) is 0 Å². The van der Waals surface area contributed by atoms with Crippen LogP contribution in [0, 0.1) is 11.8 Å². The van der Waals surface area contributed by atoms with Crippen molar-refractivity contribution < 1.29 is 14.3 Å². The van der Waals surface area contributed by atoms with Gasteiger partial charge in [0, 0.05) is 31.5 Å². The topological polar surface area (TPSA) is 38.8 Å². The van der Waals surface area contributed by atoms with E-state index < -0.39 is 0 Å². The van der Waals surface area contributed by atoms with Crippen molar-refractivity contribution >= 4 is 29.3 Å². The van der Waals surface area contributed by atoms with Crippen LogP contribution in [0.5, 0.6) is 5.75 Å². The highest BCUT2D eigenvalue weighted by Gasteiger charge is 2.51. The molecule has 1 aliphatic heterocycles. The number of fused-ring (bicyclic) bond motifs is 5. The molecule has 2 fully saturated rings. The van der Waals surface area contributed by atoms with E-state index in [1.165, 1.54) is 30.4 Å². The summed E-state index contributed by atoms with van der Waals surface area (Å²) >= 11 is 11.6. The number of halogens is 2. The number of carbonyl (C=O) groups excluding carboxylic acids is 1. The lowest BCUT2D eigenvalue weighted by molar-refractivity contribution is -0.0566. The second-order valence-electron chi connectivity index (χ2n) is 8.50. The van der Waals surface area contributed by atoms with Gasteiger partial charge in [0.15, 0.2) is 0 Å². The Balaban J connectivity index is 1.49. The number of hydrogen-bond acceptors (Lipinski definition) is 3. The minimum atomic E-state index is -0.383. The summed E-state index contributed by atoms with van der Waals surface area (Å²) in [5, 5.41) is 0. The SMILES string of the molecule is C[C@]12CCC3c4ccc(OC(=O)N(CCCl)CCCl)cc4CCC3C1CCO2. The Morgan fingerprint density at radius 1 is 1.25 bits per heavy atom. The van der Waals surface area contributed by atoms with E-state index in [9.17, 15) is 4.79 Å². The maximum atomic E-state index is 12.4. The molecule has 3 aliphatic rings. The highest BCUT2D eigenvalue weighted by Crippen LogP contribution is 2.55. The van der Waals surface area contributed by atoms with Crippen LogP contribution in [0.3, 0.4) is 0 Å². The van der Waals surface area contributed by atoms with Gasteiger partial charge < -0.3 is 14.4 Å². The van der Waals surface area contributed by atoms with Gasteiger partial charge in [0.2, 0.25) is 0 Å². The maximum absolute atomic E-state index is 12.4. The monoisotopic (exact) mass is 425 g/mol. The number of nitrogens with zero attached hydrogens (tertiary/aromatic N) is 1. The fourth-order valence-corrected chi connectivity index (χ4v) is 6.10. The third kappa shape index (κ3) is 3.76. The molecular weight excluding hydrogens is 397 g/mol. The van der Waals surface area contributed by atoms with Crippen LogP contribution in [0.15, 0.2) is 18.2 Å². The van der Waals surface area contributed by atoms with Gasteiger partial charge >= 0.3 is 6.09 Å². The molecule has 1 heterocycles. The first-order chi connectivity index (χ1) is 13.6. The molecule has 0 radical (unpaired) electrons. The Bertz CT molecular complexity index is 722. The Kier molecular flexibility index (Phi) is 6.10. The average Bonchev–Trinajstić information content (AvgIpc) is 3.09. The van der Waals surface area contributed by atoms with E-state index in [4.69, 9.17) is 32.7 Å². The lowest BCUT2D eigenvalue weighted by atomic mass is 9.59. The van der Waals surface area contributed by atoms with Gasteiger partial charge in [-0.15, -0.1) is 23.2 Å². The lowest BCUT2D eigenvalue weighted by Crippen LogP contribution is -2.44. The van der Waals surface area contributed by atoms with Crippen molar-refractivity contribution in [3.8, 4) is 5.75 Å². The summed E-state index contributed by atoms with van der Waals surface area (Å²) in [5.41, 5.74) is 2.86. The fraction of sp³-hybridized carbons (Fsp3) is 0.682. The second kappa shape index (κ2) is 8.41. The van der Waals surface area contributed by atoms with Crippen LogP contribution >= 0.6 is 23.2 Å². The van der Waals surface area contributed by atoms with Gasteiger partial charge in [-0.1, -0.05) is 6.07 Å². The molecule has 0 spiro atoms. The molecule has 2 aliphatic carbocycles. The van der Waals surface area contributed by atoms with E-state index >= 15 is 0 Å². The number of aryl methyl sites for hydroxylation is 1. The van der Waals surface area contributed by atoms with Gasteiger partial charge in [0.05, 0.1) is 5.60 Å². The van der Waals surface area contributed by atoms with E-state index in [1.54, 1.807) is 4.90 Å². The Labute approximate surface area is 177 Å². The molecule has 154 valence electrons. The Morgan fingerprint density at radius 3 is 2.79 bits per heavy atom. The van der Waals surface area contributed by atoms with Crippen molar-refractivity contribution in [1.82, 2.24) is 4.90 Å². The maximum Gasteiger partial charge on any atom is 0.415 e. The molecule has 3 unspecified atom stereocenters.